The van der Waals surface area contributed by atoms with Crippen LogP contribution in [0.2, 0.25) is 5.02 Å². The van der Waals surface area contributed by atoms with Crippen LogP contribution in [0.5, 0.6) is 5.75 Å². The number of aromatic carboxylic acids is 1. The molecule has 0 aliphatic heterocycles. The van der Waals surface area contributed by atoms with Gasteiger partial charge in [0.05, 0.1) is 12.7 Å². The maximum atomic E-state index is 10.8. The molecule has 0 saturated carbocycles. The lowest BCUT2D eigenvalue weighted by molar-refractivity contribution is 0.0696. The molecule has 0 radical (unpaired) electrons. The van der Waals surface area contributed by atoms with Gasteiger partial charge in [-0.2, -0.15) is 0 Å². The van der Waals surface area contributed by atoms with Crippen molar-refractivity contribution in [1.82, 2.24) is 0 Å². The van der Waals surface area contributed by atoms with Gasteiger partial charge in [-0.1, -0.05) is 25.4 Å². The third kappa shape index (κ3) is 2.42. The van der Waals surface area contributed by atoms with Crippen LogP contribution in [0.15, 0.2) is 12.1 Å². The Hall–Kier alpha value is -1.22. The summed E-state index contributed by atoms with van der Waals surface area (Å²) < 4.78 is 5.13. The molecule has 0 saturated heterocycles. The van der Waals surface area contributed by atoms with Crippen LogP contribution in [0.4, 0.5) is 0 Å². The summed E-state index contributed by atoms with van der Waals surface area (Å²) in [4.78, 5) is 10.8. The highest BCUT2D eigenvalue weighted by Gasteiger charge is 2.15. The van der Waals surface area contributed by atoms with Gasteiger partial charge in [0, 0.05) is 10.6 Å². The van der Waals surface area contributed by atoms with Gasteiger partial charge in [-0.3, -0.25) is 0 Å². The highest BCUT2D eigenvalue weighted by molar-refractivity contribution is 6.32. The first kappa shape index (κ1) is 11.9. The molecule has 0 heterocycles. The number of rotatable bonds is 3. The summed E-state index contributed by atoms with van der Waals surface area (Å²) in [5, 5.41) is 9.28. The van der Waals surface area contributed by atoms with E-state index < -0.39 is 5.97 Å². The first-order valence-corrected chi connectivity index (χ1v) is 4.96. The maximum absolute atomic E-state index is 10.8. The van der Waals surface area contributed by atoms with Gasteiger partial charge in [-0.25, -0.2) is 4.79 Å². The van der Waals surface area contributed by atoms with Crippen molar-refractivity contribution in [2.24, 2.45) is 0 Å². The van der Waals surface area contributed by atoms with Crippen LogP contribution in [-0.2, 0) is 0 Å². The van der Waals surface area contributed by atoms with E-state index >= 15 is 0 Å². The Balaban J connectivity index is 3.37. The summed E-state index contributed by atoms with van der Waals surface area (Å²) in [6, 6.07) is 2.94. The van der Waals surface area contributed by atoms with Gasteiger partial charge < -0.3 is 9.84 Å². The molecule has 82 valence electrons. The number of carbonyl (C=O) groups is 1. The molecule has 0 aromatic heterocycles. The van der Waals surface area contributed by atoms with Gasteiger partial charge in [0.1, 0.15) is 5.75 Å². The molecule has 0 spiro atoms. The number of ether oxygens (including phenoxy) is 1. The molecule has 3 nitrogen and oxygen atoms in total. The SMILES string of the molecule is COc1cc(C(=O)O)cc(Cl)c1C(C)C. The molecular formula is C11H13ClO3. The molecule has 1 aromatic carbocycles. The van der Waals surface area contributed by atoms with Crippen molar-refractivity contribution in [2.75, 3.05) is 7.11 Å². The first-order chi connectivity index (χ1) is 6.97. The van der Waals surface area contributed by atoms with Crippen molar-refractivity contribution in [2.45, 2.75) is 19.8 Å². The van der Waals surface area contributed by atoms with E-state index in [1.54, 1.807) is 0 Å². The van der Waals surface area contributed by atoms with Gasteiger partial charge in [-0.05, 0) is 18.1 Å². The van der Waals surface area contributed by atoms with Gasteiger partial charge >= 0.3 is 5.97 Å². The second-order valence-corrected chi connectivity index (χ2v) is 3.94. The Morgan fingerprint density at radius 2 is 2.07 bits per heavy atom. The maximum Gasteiger partial charge on any atom is 0.335 e. The number of benzene rings is 1. The lowest BCUT2D eigenvalue weighted by atomic mass is 10.00. The molecule has 0 unspecified atom stereocenters. The van der Waals surface area contributed by atoms with Crippen LogP contribution in [0.25, 0.3) is 0 Å². The predicted octanol–water partition coefficient (Wildman–Crippen LogP) is 3.17. The molecule has 1 rings (SSSR count). The Kier molecular flexibility index (Phi) is 3.58. The fourth-order valence-corrected chi connectivity index (χ4v) is 1.87. The van der Waals surface area contributed by atoms with E-state index in [4.69, 9.17) is 21.4 Å². The van der Waals surface area contributed by atoms with Gasteiger partial charge in [0.2, 0.25) is 0 Å². The second kappa shape index (κ2) is 4.53. The Labute approximate surface area is 93.6 Å². The van der Waals surface area contributed by atoms with Gasteiger partial charge in [0.15, 0.2) is 0 Å². The average molecular weight is 229 g/mol. The number of carboxylic acid groups (broad SMARTS) is 1. The Morgan fingerprint density at radius 1 is 1.47 bits per heavy atom. The lowest BCUT2D eigenvalue weighted by Crippen LogP contribution is -2.01. The molecular weight excluding hydrogens is 216 g/mol. The minimum absolute atomic E-state index is 0.140. The van der Waals surface area contributed by atoms with Crippen LogP contribution in [0.3, 0.4) is 0 Å². The number of carboxylic acids is 1. The van der Waals surface area contributed by atoms with Gasteiger partial charge in [0.25, 0.3) is 0 Å². The summed E-state index contributed by atoms with van der Waals surface area (Å²) in [6.07, 6.45) is 0. The van der Waals surface area contributed by atoms with Gasteiger partial charge in [-0.15, -0.1) is 0 Å². The molecule has 15 heavy (non-hydrogen) atoms. The fraction of sp³-hybridized carbons (Fsp3) is 0.364. The summed E-state index contributed by atoms with van der Waals surface area (Å²) in [6.45, 7) is 3.95. The molecule has 0 bridgehead atoms. The minimum Gasteiger partial charge on any atom is -0.496 e. The van der Waals surface area contributed by atoms with Crippen LogP contribution in [-0.4, -0.2) is 18.2 Å². The highest BCUT2D eigenvalue weighted by Crippen LogP contribution is 2.34. The van der Waals surface area contributed by atoms with E-state index in [0.717, 1.165) is 5.56 Å². The smallest absolute Gasteiger partial charge is 0.335 e. The van der Waals surface area contributed by atoms with E-state index in [0.29, 0.717) is 10.8 Å². The summed E-state index contributed by atoms with van der Waals surface area (Å²) in [7, 11) is 1.50. The average Bonchev–Trinajstić information content (AvgIpc) is 2.15. The Morgan fingerprint density at radius 3 is 2.47 bits per heavy atom. The minimum atomic E-state index is -1.01. The zero-order valence-corrected chi connectivity index (χ0v) is 9.63. The van der Waals surface area contributed by atoms with E-state index in [9.17, 15) is 4.79 Å². The third-order valence-corrected chi connectivity index (χ3v) is 2.45. The third-order valence-electron chi connectivity index (χ3n) is 2.14. The topological polar surface area (TPSA) is 46.5 Å². The molecule has 0 atom stereocenters. The van der Waals surface area contributed by atoms with Crippen molar-refractivity contribution >= 4 is 17.6 Å². The van der Waals surface area contributed by atoms with Crippen molar-refractivity contribution in [3.8, 4) is 5.75 Å². The summed E-state index contributed by atoms with van der Waals surface area (Å²) in [5.41, 5.74) is 0.977. The Bertz CT molecular complexity index is 386. The van der Waals surface area contributed by atoms with Crippen molar-refractivity contribution in [3.05, 3.63) is 28.3 Å². The number of halogens is 1. The molecule has 1 N–H and O–H groups in total. The normalized spacial score (nSPS) is 10.5. The quantitative estimate of drug-likeness (QED) is 0.865. The van der Waals surface area contributed by atoms with Crippen LogP contribution in [0, 0.1) is 0 Å². The van der Waals surface area contributed by atoms with E-state index in [-0.39, 0.29) is 11.5 Å². The standard InChI is InChI=1S/C11H13ClO3/c1-6(2)10-8(12)4-7(11(13)14)5-9(10)15-3/h4-6H,1-3H3,(H,13,14). The molecule has 0 amide bonds. The number of methoxy groups -OCH3 is 1. The van der Waals surface area contributed by atoms with E-state index in [2.05, 4.69) is 0 Å². The van der Waals surface area contributed by atoms with Crippen LogP contribution in [0.1, 0.15) is 35.7 Å². The molecule has 4 heteroatoms. The summed E-state index contributed by atoms with van der Waals surface area (Å²) >= 11 is 6.01. The number of hydrogen-bond donors (Lipinski definition) is 1. The second-order valence-electron chi connectivity index (χ2n) is 3.53. The zero-order valence-electron chi connectivity index (χ0n) is 8.87. The first-order valence-electron chi connectivity index (χ1n) is 4.58. The highest BCUT2D eigenvalue weighted by atomic mass is 35.5. The zero-order chi connectivity index (χ0) is 11.6. The molecule has 0 aliphatic carbocycles. The van der Waals surface area contributed by atoms with Crippen molar-refractivity contribution in [1.29, 1.82) is 0 Å². The largest absolute Gasteiger partial charge is 0.496 e. The lowest BCUT2D eigenvalue weighted by Gasteiger charge is -2.14. The van der Waals surface area contributed by atoms with Crippen molar-refractivity contribution in [3.63, 3.8) is 0 Å². The van der Waals surface area contributed by atoms with E-state index in [1.807, 2.05) is 13.8 Å². The molecule has 0 aliphatic rings. The fourth-order valence-electron chi connectivity index (χ4n) is 1.45. The van der Waals surface area contributed by atoms with Crippen LogP contribution < -0.4 is 4.74 Å². The number of hydrogen-bond acceptors (Lipinski definition) is 2. The predicted molar refractivity (Wildman–Crippen MR) is 59.1 cm³/mol. The molecule has 1 aromatic rings. The molecule has 0 fully saturated rings. The summed E-state index contributed by atoms with van der Waals surface area (Å²) in [5.74, 6) is -0.296. The van der Waals surface area contributed by atoms with Crippen LogP contribution >= 0.6 is 11.6 Å². The van der Waals surface area contributed by atoms with E-state index in [1.165, 1.54) is 19.2 Å². The monoisotopic (exact) mass is 228 g/mol. The van der Waals surface area contributed by atoms with Crippen molar-refractivity contribution < 1.29 is 14.6 Å².